The van der Waals surface area contributed by atoms with E-state index in [1.165, 1.54) is 11.8 Å². The molecule has 0 radical (unpaired) electrons. The van der Waals surface area contributed by atoms with Crippen molar-refractivity contribution in [1.82, 2.24) is 15.1 Å². The van der Waals surface area contributed by atoms with Crippen molar-refractivity contribution in [3.05, 3.63) is 44.4 Å². The summed E-state index contributed by atoms with van der Waals surface area (Å²) >= 11 is 13.9. The Morgan fingerprint density at radius 1 is 1.32 bits per heavy atom. The molecular formula is C18H25Cl2N3OS. The van der Waals surface area contributed by atoms with Gasteiger partial charge in [-0.15, -0.1) is 0 Å². The second-order valence-electron chi connectivity index (χ2n) is 5.94. The molecule has 1 atom stereocenters. The molecule has 0 saturated carbocycles. The molecule has 2 rings (SSSR count). The number of amides is 1. The van der Waals surface area contributed by atoms with Gasteiger partial charge in [0.25, 0.3) is 5.91 Å². The third kappa shape index (κ3) is 4.85. The molecule has 4 nitrogen and oxygen atoms in total. The number of nitrogens with zero attached hydrogens (tertiary/aromatic N) is 2. The van der Waals surface area contributed by atoms with E-state index in [4.69, 9.17) is 23.2 Å². The highest BCUT2D eigenvalue weighted by atomic mass is 35.5. The first-order valence-electron chi connectivity index (χ1n) is 8.44. The van der Waals surface area contributed by atoms with E-state index in [1.807, 2.05) is 26.1 Å². The molecule has 25 heavy (non-hydrogen) atoms. The lowest BCUT2D eigenvalue weighted by atomic mass is 10.2. The van der Waals surface area contributed by atoms with Crippen LogP contribution < -0.4 is 5.32 Å². The number of rotatable bonds is 7. The molecule has 1 heterocycles. The number of carbonyl (C=O) groups excluding carboxylic acids is 1. The summed E-state index contributed by atoms with van der Waals surface area (Å²) in [6, 6.07) is 5.49. The number of likely N-dealkylation sites (N-methyl/N-ethyl adjacent to an activating group) is 1. The Bertz CT molecular complexity index is 662. The highest BCUT2D eigenvalue weighted by Gasteiger charge is 2.33. The fraction of sp³-hybridized carbons (Fsp3) is 0.500. The lowest BCUT2D eigenvalue weighted by Crippen LogP contribution is -2.35. The zero-order valence-corrected chi connectivity index (χ0v) is 17.4. The largest absolute Gasteiger partial charge is 0.361 e. The third-order valence-corrected chi connectivity index (χ3v) is 6.55. The van der Waals surface area contributed by atoms with Crippen LogP contribution in [0.15, 0.2) is 28.8 Å². The van der Waals surface area contributed by atoms with Gasteiger partial charge in [0.15, 0.2) is 0 Å². The fourth-order valence-corrected chi connectivity index (χ4v) is 4.69. The minimum atomic E-state index is -0.0201. The zero-order valence-electron chi connectivity index (χ0n) is 15.1. The van der Waals surface area contributed by atoms with E-state index in [9.17, 15) is 4.79 Å². The van der Waals surface area contributed by atoms with Crippen LogP contribution in [0.1, 0.15) is 31.7 Å². The van der Waals surface area contributed by atoms with Crippen molar-refractivity contribution in [3.63, 3.8) is 0 Å². The number of benzene rings is 1. The van der Waals surface area contributed by atoms with Gasteiger partial charge in [-0.1, -0.05) is 54.9 Å². The van der Waals surface area contributed by atoms with E-state index in [2.05, 4.69) is 29.0 Å². The minimum absolute atomic E-state index is 0.0194. The average molecular weight is 402 g/mol. The molecule has 0 aliphatic carbocycles. The molecule has 1 aliphatic heterocycles. The van der Waals surface area contributed by atoms with Gasteiger partial charge in [-0.25, -0.2) is 0 Å². The van der Waals surface area contributed by atoms with Crippen molar-refractivity contribution in [2.75, 3.05) is 33.2 Å². The fourth-order valence-electron chi connectivity index (χ4n) is 2.75. The quantitative estimate of drug-likeness (QED) is 0.735. The summed E-state index contributed by atoms with van der Waals surface area (Å²) < 4.78 is 0. The maximum absolute atomic E-state index is 12.6. The van der Waals surface area contributed by atoms with Crippen LogP contribution in [0.2, 0.25) is 10.0 Å². The normalized spacial score (nSPS) is 17.6. The maximum atomic E-state index is 12.6. The standard InChI is InChI=1S/C18H25Cl2N3OS/c1-5-23(6-2)10-9-21-17(24)16-12(3)22(4)18(25-16)14-8-7-13(19)11-15(14)20/h7-8,11,18H,5-6,9-10H2,1-4H3,(H,21,24). The monoisotopic (exact) mass is 401 g/mol. The number of hydrogen-bond acceptors (Lipinski definition) is 4. The molecule has 0 fully saturated rings. The Morgan fingerprint density at radius 2 is 2.00 bits per heavy atom. The number of halogens is 2. The second-order valence-corrected chi connectivity index (χ2v) is 7.88. The molecule has 1 unspecified atom stereocenters. The molecule has 7 heteroatoms. The Hall–Kier alpha value is -0.880. The van der Waals surface area contributed by atoms with Crippen LogP contribution in [-0.2, 0) is 4.79 Å². The molecule has 1 N–H and O–H groups in total. The Labute approximate surface area is 164 Å². The van der Waals surface area contributed by atoms with Crippen molar-refractivity contribution in [1.29, 1.82) is 0 Å². The van der Waals surface area contributed by atoms with E-state index >= 15 is 0 Å². The first kappa shape index (κ1) is 20.4. The molecule has 0 bridgehead atoms. The maximum Gasteiger partial charge on any atom is 0.259 e. The predicted octanol–water partition coefficient (Wildman–Crippen LogP) is 4.36. The van der Waals surface area contributed by atoms with Gasteiger partial charge in [0.05, 0.1) is 4.91 Å². The van der Waals surface area contributed by atoms with Crippen molar-refractivity contribution in [3.8, 4) is 0 Å². The number of allylic oxidation sites excluding steroid dienone is 1. The molecule has 1 amide bonds. The smallest absolute Gasteiger partial charge is 0.259 e. The first-order valence-corrected chi connectivity index (χ1v) is 10.1. The van der Waals surface area contributed by atoms with Crippen LogP contribution in [0.4, 0.5) is 0 Å². The van der Waals surface area contributed by atoms with E-state index < -0.39 is 0 Å². The summed E-state index contributed by atoms with van der Waals surface area (Å²) in [7, 11) is 1.98. The van der Waals surface area contributed by atoms with Gasteiger partial charge >= 0.3 is 0 Å². The second kappa shape index (κ2) is 9.17. The van der Waals surface area contributed by atoms with Gasteiger partial charge in [0.2, 0.25) is 0 Å². The number of thioether (sulfide) groups is 1. The molecule has 1 aliphatic rings. The van der Waals surface area contributed by atoms with Crippen LogP contribution in [0, 0.1) is 0 Å². The Morgan fingerprint density at radius 3 is 2.60 bits per heavy atom. The highest BCUT2D eigenvalue weighted by Crippen LogP contribution is 2.48. The molecule has 138 valence electrons. The van der Waals surface area contributed by atoms with E-state index in [0.717, 1.165) is 35.8 Å². The topological polar surface area (TPSA) is 35.6 Å². The van der Waals surface area contributed by atoms with Gasteiger partial charge < -0.3 is 15.1 Å². The number of carbonyl (C=O) groups is 1. The van der Waals surface area contributed by atoms with Crippen molar-refractivity contribution in [2.24, 2.45) is 0 Å². The number of nitrogens with one attached hydrogen (secondary N) is 1. The Kier molecular flexibility index (Phi) is 7.50. The molecule has 0 saturated heterocycles. The summed E-state index contributed by atoms with van der Waals surface area (Å²) in [5.41, 5.74) is 1.92. The Balaban J connectivity index is 2.03. The molecule has 1 aromatic rings. The lowest BCUT2D eigenvalue weighted by Gasteiger charge is -2.23. The average Bonchev–Trinajstić information content (AvgIpc) is 2.87. The molecule has 0 aromatic heterocycles. The summed E-state index contributed by atoms with van der Waals surface area (Å²) in [4.78, 5) is 17.7. The zero-order chi connectivity index (χ0) is 18.6. The van der Waals surface area contributed by atoms with Gasteiger partial charge in [-0.3, -0.25) is 4.79 Å². The van der Waals surface area contributed by atoms with Gasteiger partial charge in [-0.2, -0.15) is 0 Å². The highest BCUT2D eigenvalue weighted by molar-refractivity contribution is 8.04. The van der Waals surface area contributed by atoms with Crippen molar-refractivity contribution < 1.29 is 4.79 Å². The van der Waals surface area contributed by atoms with Crippen LogP contribution >= 0.6 is 35.0 Å². The summed E-state index contributed by atoms with van der Waals surface area (Å²) in [5.74, 6) is -0.0194. The van der Waals surface area contributed by atoms with E-state index in [0.29, 0.717) is 16.6 Å². The summed E-state index contributed by atoms with van der Waals surface area (Å²) in [5, 5.41) is 4.24. The first-order chi connectivity index (χ1) is 11.9. The molecule has 1 aromatic carbocycles. The third-order valence-electron chi connectivity index (χ3n) is 4.48. The van der Waals surface area contributed by atoms with E-state index in [1.54, 1.807) is 6.07 Å². The van der Waals surface area contributed by atoms with Gasteiger partial charge in [0, 0.05) is 41.4 Å². The summed E-state index contributed by atoms with van der Waals surface area (Å²) in [6.07, 6.45) is 0. The van der Waals surface area contributed by atoms with Crippen LogP contribution in [-0.4, -0.2) is 48.9 Å². The summed E-state index contributed by atoms with van der Waals surface area (Å²) in [6.45, 7) is 9.70. The van der Waals surface area contributed by atoms with Gasteiger partial charge in [0.1, 0.15) is 5.37 Å². The lowest BCUT2D eigenvalue weighted by molar-refractivity contribution is -0.116. The minimum Gasteiger partial charge on any atom is -0.361 e. The predicted molar refractivity (Wildman–Crippen MR) is 108 cm³/mol. The molecule has 0 spiro atoms. The number of hydrogen-bond donors (Lipinski definition) is 1. The van der Waals surface area contributed by atoms with Gasteiger partial charge in [-0.05, 0) is 32.1 Å². The van der Waals surface area contributed by atoms with Crippen LogP contribution in [0.5, 0.6) is 0 Å². The van der Waals surface area contributed by atoms with Crippen LogP contribution in [0.3, 0.4) is 0 Å². The SMILES string of the molecule is CCN(CC)CCNC(=O)C1=C(C)N(C)C(c2ccc(Cl)cc2Cl)S1. The van der Waals surface area contributed by atoms with Crippen LogP contribution in [0.25, 0.3) is 0 Å². The van der Waals surface area contributed by atoms with Crippen molar-refractivity contribution >= 4 is 40.9 Å². The van der Waals surface area contributed by atoms with Crippen molar-refractivity contribution in [2.45, 2.75) is 26.1 Å². The molecular weight excluding hydrogens is 377 g/mol. The van der Waals surface area contributed by atoms with E-state index in [-0.39, 0.29) is 11.3 Å².